The highest BCUT2D eigenvalue weighted by Crippen LogP contribution is 2.20. The molecule has 22 heavy (non-hydrogen) atoms. The largest absolute Gasteiger partial charge is 0.366 e. The SMILES string of the molecule is Nc1nc(Nc2cccc(Cl)c2)n(C(=O)c2ccccc2)n1. The number of rotatable bonds is 3. The Morgan fingerprint density at radius 2 is 1.91 bits per heavy atom. The summed E-state index contributed by atoms with van der Waals surface area (Å²) in [5.41, 5.74) is 6.79. The zero-order valence-electron chi connectivity index (χ0n) is 11.4. The zero-order chi connectivity index (χ0) is 15.5. The first-order valence-electron chi connectivity index (χ1n) is 6.48. The number of anilines is 3. The van der Waals surface area contributed by atoms with Crippen molar-refractivity contribution in [1.29, 1.82) is 0 Å². The van der Waals surface area contributed by atoms with E-state index in [1.54, 1.807) is 48.5 Å². The van der Waals surface area contributed by atoms with E-state index in [0.717, 1.165) is 4.68 Å². The summed E-state index contributed by atoms with van der Waals surface area (Å²) < 4.78 is 1.13. The van der Waals surface area contributed by atoms with Gasteiger partial charge >= 0.3 is 0 Å². The quantitative estimate of drug-likeness (QED) is 0.776. The van der Waals surface area contributed by atoms with Gasteiger partial charge in [0.05, 0.1) is 0 Å². The summed E-state index contributed by atoms with van der Waals surface area (Å²) in [6.07, 6.45) is 0. The lowest BCUT2D eigenvalue weighted by molar-refractivity contribution is 0.0948. The van der Waals surface area contributed by atoms with E-state index in [0.29, 0.717) is 16.3 Å². The Hall–Kier alpha value is -2.86. The molecule has 0 amide bonds. The third-order valence-corrected chi connectivity index (χ3v) is 3.15. The highest BCUT2D eigenvalue weighted by atomic mass is 35.5. The van der Waals surface area contributed by atoms with Crippen molar-refractivity contribution in [3.05, 3.63) is 65.2 Å². The van der Waals surface area contributed by atoms with Crippen LogP contribution in [0, 0.1) is 0 Å². The average Bonchev–Trinajstić information content (AvgIpc) is 2.88. The number of carbonyl (C=O) groups excluding carboxylic acids is 1. The van der Waals surface area contributed by atoms with Crippen molar-refractivity contribution in [3.63, 3.8) is 0 Å². The first kappa shape index (κ1) is 14.1. The Labute approximate surface area is 131 Å². The van der Waals surface area contributed by atoms with E-state index in [-0.39, 0.29) is 17.8 Å². The van der Waals surface area contributed by atoms with Gasteiger partial charge in [0.2, 0.25) is 11.9 Å². The van der Waals surface area contributed by atoms with Crippen molar-refractivity contribution in [2.24, 2.45) is 0 Å². The number of carbonyl (C=O) groups is 1. The second kappa shape index (κ2) is 5.87. The van der Waals surface area contributed by atoms with Crippen LogP contribution in [-0.2, 0) is 0 Å². The number of benzene rings is 2. The maximum atomic E-state index is 12.5. The molecular formula is C15H12ClN5O. The van der Waals surface area contributed by atoms with Crippen LogP contribution in [-0.4, -0.2) is 20.7 Å². The van der Waals surface area contributed by atoms with Gasteiger partial charge in [0, 0.05) is 16.3 Å². The third kappa shape index (κ3) is 2.91. The van der Waals surface area contributed by atoms with Crippen LogP contribution in [0.3, 0.4) is 0 Å². The van der Waals surface area contributed by atoms with Gasteiger partial charge in [-0.1, -0.05) is 35.9 Å². The zero-order valence-corrected chi connectivity index (χ0v) is 12.2. The molecule has 1 aromatic heterocycles. The summed E-state index contributed by atoms with van der Waals surface area (Å²) in [6.45, 7) is 0. The normalized spacial score (nSPS) is 10.4. The van der Waals surface area contributed by atoms with Crippen LogP contribution in [0.4, 0.5) is 17.6 Å². The molecule has 1 heterocycles. The lowest BCUT2D eigenvalue weighted by atomic mass is 10.2. The van der Waals surface area contributed by atoms with Gasteiger partial charge in [-0.2, -0.15) is 9.67 Å². The molecule has 2 aromatic carbocycles. The molecule has 3 rings (SSSR count). The minimum absolute atomic E-state index is 0.00816. The Bertz CT molecular complexity index is 816. The van der Waals surface area contributed by atoms with Crippen LogP contribution < -0.4 is 11.1 Å². The van der Waals surface area contributed by atoms with Gasteiger partial charge in [-0.3, -0.25) is 4.79 Å². The fraction of sp³-hybridized carbons (Fsp3) is 0. The van der Waals surface area contributed by atoms with Gasteiger partial charge < -0.3 is 11.1 Å². The van der Waals surface area contributed by atoms with Crippen LogP contribution >= 0.6 is 11.6 Å². The lowest BCUT2D eigenvalue weighted by Crippen LogP contribution is -2.16. The van der Waals surface area contributed by atoms with E-state index >= 15 is 0 Å². The molecule has 3 aromatic rings. The van der Waals surface area contributed by atoms with E-state index < -0.39 is 0 Å². The van der Waals surface area contributed by atoms with Crippen molar-refractivity contribution < 1.29 is 4.79 Å². The van der Waals surface area contributed by atoms with Crippen molar-refractivity contribution in [2.75, 3.05) is 11.1 Å². The Kier molecular flexibility index (Phi) is 3.76. The predicted molar refractivity (Wildman–Crippen MR) is 85.3 cm³/mol. The van der Waals surface area contributed by atoms with Crippen molar-refractivity contribution in [1.82, 2.24) is 14.8 Å². The van der Waals surface area contributed by atoms with Crippen LogP contribution in [0.15, 0.2) is 54.6 Å². The fourth-order valence-corrected chi connectivity index (χ4v) is 2.14. The molecular weight excluding hydrogens is 302 g/mol. The highest BCUT2D eigenvalue weighted by molar-refractivity contribution is 6.30. The summed E-state index contributed by atoms with van der Waals surface area (Å²) in [6, 6.07) is 15.8. The smallest absolute Gasteiger partial charge is 0.281 e. The number of nitrogens with one attached hydrogen (secondary N) is 1. The summed E-state index contributed by atoms with van der Waals surface area (Å²) in [7, 11) is 0. The van der Waals surface area contributed by atoms with Gasteiger partial charge in [0.25, 0.3) is 5.91 Å². The van der Waals surface area contributed by atoms with E-state index in [2.05, 4.69) is 15.4 Å². The van der Waals surface area contributed by atoms with E-state index in [1.807, 2.05) is 6.07 Å². The Balaban J connectivity index is 1.95. The van der Waals surface area contributed by atoms with Crippen LogP contribution in [0.1, 0.15) is 10.4 Å². The van der Waals surface area contributed by atoms with Gasteiger partial charge in [0.1, 0.15) is 0 Å². The second-order valence-electron chi connectivity index (χ2n) is 4.51. The minimum atomic E-state index is -0.325. The molecule has 0 aliphatic rings. The van der Waals surface area contributed by atoms with Gasteiger partial charge in [-0.15, -0.1) is 5.10 Å². The first-order chi connectivity index (χ1) is 10.6. The van der Waals surface area contributed by atoms with Crippen LogP contribution in [0.5, 0.6) is 0 Å². The van der Waals surface area contributed by atoms with Crippen molar-refractivity contribution >= 4 is 35.1 Å². The maximum absolute atomic E-state index is 12.5. The summed E-state index contributed by atoms with van der Waals surface area (Å²) in [5.74, 6) is -0.0863. The molecule has 0 radical (unpaired) electrons. The topological polar surface area (TPSA) is 85.8 Å². The third-order valence-electron chi connectivity index (χ3n) is 2.92. The number of nitrogens with two attached hydrogens (primary N) is 1. The molecule has 0 unspecified atom stereocenters. The minimum Gasteiger partial charge on any atom is -0.366 e. The van der Waals surface area contributed by atoms with Gasteiger partial charge in [-0.05, 0) is 30.3 Å². The molecule has 0 bridgehead atoms. The molecule has 0 saturated carbocycles. The van der Waals surface area contributed by atoms with Crippen LogP contribution in [0.2, 0.25) is 5.02 Å². The highest BCUT2D eigenvalue weighted by Gasteiger charge is 2.16. The monoisotopic (exact) mass is 313 g/mol. The molecule has 0 spiro atoms. The summed E-state index contributed by atoms with van der Waals surface area (Å²) in [4.78, 5) is 16.5. The van der Waals surface area contributed by atoms with Crippen LogP contribution in [0.25, 0.3) is 0 Å². The number of hydrogen-bond acceptors (Lipinski definition) is 5. The number of nitrogen functional groups attached to an aromatic ring is 1. The number of aromatic nitrogens is 3. The summed E-state index contributed by atoms with van der Waals surface area (Å²) >= 11 is 5.94. The maximum Gasteiger partial charge on any atom is 0.281 e. The first-order valence-corrected chi connectivity index (χ1v) is 6.86. The molecule has 110 valence electrons. The molecule has 0 atom stereocenters. The number of hydrogen-bond donors (Lipinski definition) is 2. The number of nitrogens with zero attached hydrogens (tertiary/aromatic N) is 3. The fourth-order valence-electron chi connectivity index (χ4n) is 1.95. The predicted octanol–water partition coefficient (Wildman–Crippen LogP) is 2.95. The Morgan fingerprint density at radius 3 is 2.64 bits per heavy atom. The average molecular weight is 314 g/mol. The summed E-state index contributed by atoms with van der Waals surface area (Å²) in [5, 5.41) is 7.50. The standard InChI is InChI=1S/C15H12ClN5O/c16-11-7-4-8-12(9-11)18-15-19-14(17)20-21(15)13(22)10-5-2-1-3-6-10/h1-9H,(H3,17,18,19,20). The van der Waals surface area contributed by atoms with E-state index in [9.17, 15) is 4.79 Å². The molecule has 0 aliphatic carbocycles. The molecule has 7 heteroatoms. The van der Waals surface area contributed by atoms with E-state index in [1.165, 1.54) is 0 Å². The molecule has 6 nitrogen and oxygen atoms in total. The lowest BCUT2D eigenvalue weighted by Gasteiger charge is -2.07. The van der Waals surface area contributed by atoms with Crippen molar-refractivity contribution in [3.8, 4) is 0 Å². The molecule has 0 aliphatic heterocycles. The van der Waals surface area contributed by atoms with Crippen molar-refractivity contribution in [2.45, 2.75) is 0 Å². The van der Waals surface area contributed by atoms with Gasteiger partial charge in [0.15, 0.2) is 0 Å². The molecule has 0 saturated heterocycles. The molecule has 3 N–H and O–H groups in total. The van der Waals surface area contributed by atoms with Gasteiger partial charge in [-0.25, -0.2) is 0 Å². The molecule has 0 fully saturated rings. The van der Waals surface area contributed by atoms with E-state index in [4.69, 9.17) is 17.3 Å². The number of halogens is 1. The Morgan fingerprint density at radius 1 is 1.14 bits per heavy atom. The second-order valence-corrected chi connectivity index (χ2v) is 4.95.